The topological polar surface area (TPSA) is 44.9 Å². The average molecular weight is 170 g/mol. The van der Waals surface area contributed by atoms with Crippen LogP contribution < -0.4 is 5.32 Å². The fourth-order valence-electron chi connectivity index (χ4n) is 0.722. The number of carbonyl (C=O) groups excluding carboxylic acids is 1. The van der Waals surface area contributed by atoms with Gasteiger partial charge in [-0.1, -0.05) is 0 Å². The molecule has 0 aliphatic heterocycles. The molecule has 1 amide bonds. The summed E-state index contributed by atoms with van der Waals surface area (Å²) >= 11 is 3.94. The molecule has 4 heteroatoms. The molecule has 11 heavy (non-hydrogen) atoms. The zero-order valence-electron chi connectivity index (χ0n) is 6.00. The molecule has 60 valence electrons. The highest BCUT2D eigenvalue weighted by Crippen LogP contribution is 2.01. The van der Waals surface area contributed by atoms with E-state index in [-0.39, 0.29) is 5.91 Å². The molecule has 2 N–H and O–H groups in total. The summed E-state index contributed by atoms with van der Waals surface area (Å²) in [5, 5.41) is 2.68. The summed E-state index contributed by atoms with van der Waals surface area (Å²) in [5.74, 6) is 1.30. The number of hydrogen-bond donors (Lipinski definition) is 3. The molecule has 1 rings (SSSR count). The number of thiol groups is 1. The van der Waals surface area contributed by atoms with Gasteiger partial charge >= 0.3 is 0 Å². The Hall–Kier alpha value is -0.900. The number of hydrogen-bond acceptors (Lipinski definition) is 2. The van der Waals surface area contributed by atoms with Crippen LogP contribution in [0.25, 0.3) is 0 Å². The first-order valence-corrected chi connectivity index (χ1v) is 4.00. The van der Waals surface area contributed by atoms with Gasteiger partial charge in [-0.25, -0.2) is 0 Å². The first kappa shape index (κ1) is 8.20. The Morgan fingerprint density at radius 2 is 2.55 bits per heavy atom. The van der Waals surface area contributed by atoms with Gasteiger partial charge in [0.05, 0.1) is 0 Å². The molecule has 0 atom stereocenters. The number of amides is 1. The van der Waals surface area contributed by atoms with Crippen molar-refractivity contribution in [1.82, 2.24) is 4.98 Å². The average Bonchev–Trinajstić information content (AvgIpc) is 2.40. The highest BCUT2D eigenvalue weighted by Gasteiger charge is 1.99. The second kappa shape index (κ2) is 4.08. The maximum Gasteiger partial charge on any atom is 0.226 e. The van der Waals surface area contributed by atoms with Crippen LogP contribution in [0, 0.1) is 0 Å². The largest absolute Gasteiger partial charge is 0.348 e. The highest BCUT2D eigenvalue weighted by atomic mass is 32.1. The van der Waals surface area contributed by atoms with Gasteiger partial charge in [-0.05, 0) is 17.9 Å². The lowest BCUT2D eigenvalue weighted by Crippen LogP contribution is -2.11. The lowest BCUT2D eigenvalue weighted by molar-refractivity contribution is -0.115. The van der Waals surface area contributed by atoms with Crippen LogP contribution in [0.4, 0.5) is 5.82 Å². The van der Waals surface area contributed by atoms with Crippen LogP contribution >= 0.6 is 12.6 Å². The normalized spacial score (nSPS) is 9.55. The number of anilines is 1. The maximum atomic E-state index is 10.9. The summed E-state index contributed by atoms with van der Waals surface area (Å²) in [7, 11) is 0. The number of aromatic nitrogens is 1. The van der Waals surface area contributed by atoms with Crippen LogP contribution in [0.2, 0.25) is 0 Å². The molecule has 1 aromatic rings. The van der Waals surface area contributed by atoms with Gasteiger partial charge in [0.15, 0.2) is 0 Å². The van der Waals surface area contributed by atoms with Crippen molar-refractivity contribution >= 4 is 24.4 Å². The molecular weight excluding hydrogens is 160 g/mol. The zero-order valence-corrected chi connectivity index (χ0v) is 6.90. The first-order valence-electron chi connectivity index (χ1n) is 3.37. The van der Waals surface area contributed by atoms with Crippen LogP contribution in [-0.4, -0.2) is 16.6 Å². The predicted molar refractivity (Wildman–Crippen MR) is 47.9 cm³/mol. The van der Waals surface area contributed by atoms with E-state index in [0.717, 1.165) is 5.82 Å². The van der Waals surface area contributed by atoms with Crippen LogP contribution in [0.1, 0.15) is 6.42 Å². The van der Waals surface area contributed by atoms with E-state index in [1.54, 1.807) is 12.3 Å². The number of nitrogens with one attached hydrogen (secondary N) is 2. The van der Waals surface area contributed by atoms with Gasteiger partial charge in [0.25, 0.3) is 0 Å². The molecule has 0 saturated heterocycles. The van der Waals surface area contributed by atoms with Crippen LogP contribution in [0.3, 0.4) is 0 Å². The van der Waals surface area contributed by atoms with E-state index in [2.05, 4.69) is 22.9 Å². The summed E-state index contributed by atoms with van der Waals surface area (Å²) in [5.41, 5.74) is 0. The van der Waals surface area contributed by atoms with Gasteiger partial charge in [0, 0.05) is 12.6 Å². The van der Waals surface area contributed by atoms with Crippen molar-refractivity contribution in [3.63, 3.8) is 0 Å². The third kappa shape index (κ3) is 2.67. The van der Waals surface area contributed by atoms with Gasteiger partial charge in [-0.3, -0.25) is 4.79 Å². The molecule has 0 aliphatic carbocycles. The van der Waals surface area contributed by atoms with E-state index in [1.807, 2.05) is 6.07 Å². The lowest BCUT2D eigenvalue weighted by Gasteiger charge is -1.98. The molecule has 0 saturated carbocycles. The van der Waals surface area contributed by atoms with E-state index in [1.165, 1.54) is 0 Å². The Labute approximate surface area is 70.6 Å². The van der Waals surface area contributed by atoms with Crippen molar-refractivity contribution in [2.24, 2.45) is 0 Å². The van der Waals surface area contributed by atoms with E-state index in [9.17, 15) is 4.79 Å². The molecule has 1 aromatic heterocycles. The van der Waals surface area contributed by atoms with Crippen molar-refractivity contribution < 1.29 is 4.79 Å². The predicted octanol–water partition coefficient (Wildman–Crippen LogP) is 1.27. The van der Waals surface area contributed by atoms with Gasteiger partial charge in [-0.2, -0.15) is 12.6 Å². The smallest absolute Gasteiger partial charge is 0.226 e. The Bertz CT molecular complexity index is 220. The molecule has 1 heterocycles. The third-order valence-corrected chi connectivity index (χ3v) is 1.43. The molecule has 0 aliphatic rings. The fraction of sp³-hybridized carbons (Fsp3) is 0.286. The third-order valence-electron chi connectivity index (χ3n) is 1.21. The summed E-state index contributed by atoms with van der Waals surface area (Å²) in [4.78, 5) is 13.8. The Morgan fingerprint density at radius 3 is 3.09 bits per heavy atom. The Morgan fingerprint density at radius 1 is 1.73 bits per heavy atom. The Kier molecular flexibility index (Phi) is 3.04. The minimum absolute atomic E-state index is 0.0116. The second-order valence-corrected chi connectivity index (χ2v) is 2.55. The van der Waals surface area contributed by atoms with Crippen molar-refractivity contribution in [3.8, 4) is 0 Å². The first-order chi connectivity index (χ1) is 5.33. The lowest BCUT2D eigenvalue weighted by atomic mass is 10.4. The molecule has 0 fully saturated rings. The maximum absolute atomic E-state index is 10.9. The van der Waals surface area contributed by atoms with Crippen LogP contribution in [-0.2, 0) is 4.79 Å². The molecule has 0 radical (unpaired) electrons. The van der Waals surface area contributed by atoms with Crippen molar-refractivity contribution in [3.05, 3.63) is 18.3 Å². The summed E-state index contributed by atoms with van der Waals surface area (Å²) in [6.07, 6.45) is 2.21. The summed E-state index contributed by atoms with van der Waals surface area (Å²) < 4.78 is 0. The molecule has 0 aromatic carbocycles. The van der Waals surface area contributed by atoms with Gasteiger partial charge in [0.2, 0.25) is 5.91 Å². The van der Waals surface area contributed by atoms with E-state index < -0.39 is 0 Å². The van der Waals surface area contributed by atoms with Gasteiger partial charge in [-0.15, -0.1) is 0 Å². The highest BCUT2D eigenvalue weighted by molar-refractivity contribution is 7.80. The molecular formula is C7H10N2OS. The molecule has 3 nitrogen and oxygen atoms in total. The molecule has 0 spiro atoms. The van der Waals surface area contributed by atoms with Crippen molar-refractivity contribution in [2.75, 3.05) is 11.1 Å². The van der Waals surface area contributed by atoms with Crippen LogP contribution in [0.15, 0.2) is 18.3 Å². The van der Waals surface area contributed by atoms with Crippen LogP contribution in [0.5, 0.6) is 0 Å². The quantitative estimate of drug-likeness (QED) is 0.588. The van der Waals surface area contributed by atoms with Gasteiger partial charge in [0.1, 0.15) is 5.82 Å². The second-order valence-electron chi connectivity index (χ2n) is 2.11. The van der Waals surface area contributed by atoms with E-state index in [0.29, 0.717) is 12.2 Å². The van der Waals surface area contributed by atoms with E-state index >= 15 is 0 Å². The van der Waals surface area contributed by atoms with Crippen molar-refractivity contribution in [2.45, 2.75) is 6.42 Å². The summed E-state index contributed by atoms with van der Waals surface area (Å²) in [6.45, 7) is 0. The number of H-pyrrole nitrogens is 1. The van der Waals surface area contributed by atoms with Crippen molar-refractivity contribution in [1.29, 1.82) is 0 Å². The standard InChI is InChI=1S/C7H10N2OS/c10-7(3-5-11)9-6-2-1-4-8-6/h1-2,4,8,11H,3,5H2,(H,9,10). The van der Waals surface area contributed by atoms with E-state index in [4.69, 9.17) is 0 Å². The fourth-order valence-corrected chi connectivity index (χ4v) is 0.925. The molecule has 0 bridgehead atoms. The number of aromatic amines is 1. The zero-order chi connectivity index (χ0) is 8.10. The molecule has 0 unspecified atom stereocenters. The minimum atomic E-state index is -0.0116. The number of carbonyl (C=O) groups is 1. The Balaban J connectivity index is 2.37. The minimum Gasteiger partial charge on any atom is -0.348 e. The number of rotatable bonds is 3. The monoisotopic (exact) mass is 170 g/mol. The SMILES string of the molecule is O=C(CCS)Nc1ccc[nH]1. The van der Waals surface area contributed by atoms with Gasteiger partial charge < -0.3 is 10.3 Å². The summed E-state index contributed by atoms with van der Waals surface area (Å²) in [6, 6.07) is 3.63.